The summed E-state index contributed by atoms with van der Waals surface area (Å²) in [5, 5.41) is 0. The van der Waals surface area contributed by atoms with Crippen LogP contribution < -0.4 is 0 Å². The molecule has 2 aliphatic carbocycles. The molecule has 0 saturated carbocycles. The van der Waals surface area contributed by atoms with E-state index in [0.717, 1.165) is 12.8 Å². The molecule has 0 atom stereocenters. The van der Waals surface area contributed by atoms with Crippen LogP contribution in [0.5, 0.6) is 0 Å². The van der Waals surface area contributed by atoms with Gasteiger partial charge in [0.25, 0.3) is 0 Å². The van der Waals surface area contributed by atoms with Crippen molar-refractivity contribution in [1.29, 1.82) is 0 Å². The van der Waals surface area contributed by atoms with E-state index in [1.165, 1.54) is 11.1 Å². The summed E-state index contributed by atoms with van der Waals surface area (Å²) in [6.07, 6.45) is 6.89. The quantitative estimate of drug-likeness (QED) is 0.474. The number of hydrogen-bond donors (Lipinski definition) is 0. The third kappa shape index (κ3) is 0.645. The second-order valence-corrected chi connectivity index (χ2v) is 2.58. The lowest BCUT2D eigenvalue weighted by Gasteiger charge is -1.87. The Labute approximate surface area is 54.1 Å². The Morgan fingerprint density at radius 3 is 3.00 bits per heavy atom. The molecule has 0 aromatic rings. The fraction of sp³-hybridized carbons (Fsp3) is 0.375. The Hall–Kier alpha value is -0.850. The Balaban J connectivity index is 2.41. The van der Waals surface area contributed by atoms with Gasteiger partial charge in [-0.05, 0) is 30.1 Å². The van der Waals surface area contributed by atoms with E-state index in [0.29, 0.717) is 6.42 Å². The lowest BCUT2D eigenvalue weighted by molar-refractivity contribution is -0.113. The summed E-state index contributed by atoms with van der Waals surface area (Å²) in [6, 6.07) is 0. The zero-order valence-corrected chi connectivity index (χ0v) is 5.18. The Kier molecular flexibility index (Phi) is 0.865. The molecule has 9 heavy (non-hydrogen) atoms. The van der Waals surface area contributed by atoms with Crippen LogP contribution in [0.4, 0.5) is 0 Å². The first-order valence-electron chi connectivity index (χ1n) is 3.29. The minimum atomic E-state index is 0.288. The van der Waals surface area contributed by atoms with Gasteiger partial charge in [0.15, 0.2) is 5.78 Å². The second kappa shape index (κ2) is 1.56. The molecule has 1 heteroatoms. The molecule has 0 fully saturated rings. The van der Waals surface area contributed by atoms with Crippen LogP contribution in [-0.4, -0.2) is 5.78 Å². The topological polar surface area (TPSA) is 17.1 Å². The molecule has 0 unspecified atom stereocenters. The molecule has 0 aliphatic heterocycles. The van der Waals surface area contributed by atoms with Crippen LogP contribution in [0.15, 0.2) is 23.3 Å². The SMILES string of the molecule is O=C1C=C2CCC=C2C1. The van der Waals surface area contributed by atoms with Gasteiger partial charge in [-0.3, -0.25) is 4.79 Å². The van der Waals surface area contributed by atoms with Crippen LogP contribution in [0.2, 0.25) is 0 Å². The van der Waals surface area contributed by atoms with Crippen LogP contribution in [0.3, 0.4) is 0 Å². The summed E-state index contributed by atoms with van der Waals surface area (Å²) in [4.78, 5) is 10.7. The first-order valence-corrected chi connectivity index (χ1v) is 3.29. The number of rotatable bonds is 0. The minimum absolute atomic E-state index is 0.288. The molecule has 0 spiro atoms. The van der Waals surface area contributed by atoms with Crippen molar-refractivity contribution < 1.29 is 4.79 Å². The highest BCUT2D eigenvalue weighted by Gasteiger charge is 2.20. The molecule has 2 aliphatic rings. The van der Waals surface area contributed by atoms with Crippen LogP contribution in [0.25, 0.3) is 0 Å². The fourth-order valence-corrected chi connectivity index (χ4v) is 1.48. The lowest BCUT2D eigenvalue weighted by atomic mass is 10.2. The number of ketones is 1. The van der Waals surface area contributed by atoms with Crippen LogP contribution >= 0.6 is 0 Å². The maximum absolute atomic E-state index is 10.7. The molecule has 2 rings (SSSR count). The number of allylic oxidation sites excluding steroid dienone is 4. The lowest BCUT2D eigenvalue weighted by Crippen LogP contribution is -1.83. The molecule has 0 bridgehead atoms. The van der Waals surface area contributed by atoms with E-state index in [2.05, 4.69) is 6.08 Å². The van der Waals surface area contributed by atoms with Crippen LogP contribution in [0, 0.1) is 0 Å². The molecule has 0 N–H and O–H groups in total. The molecular formula is C8H8O. The third-order valence-electron chi connectivity index (χ3n) is 1.92. The highest BCUT2D eigenvalue weighted by molar-refractivity contribution is 5.97. The first-order chi connectivity index (χ1) is 4.36. The van der Waals surface area contributed by atoms with Crippen LogP contribution in [-0.2, 0) is 4.79 Å². The Bertz CT molecular complexity index is 221. The van der Waals surface area contributed by atoms with E-state index in [1.54, 1.807) is 6.08 Å². The van der Waals surface area contributed by atoms with E-state index < -0.39 is 0 Å². The second-order valence-electron chi connectivity index (χ2n) is 2.58. The van der Waals surface area contributed by atoms with Crippen molar-refractivity contribution in [1.82, 2.24) is 0 Å². The standard InChI is InChI=1S/C8H8O/c9-8-4-6-2-1-3-7(6)5-8/h2,5H,1,3-4H2. The van der Waals surface area contributed by atoms with Crippen molar-refractivity contribution in [2.75, 3.05) is 0 Å². The summed E-state index contributed by atoms with van der Waals surface area (Å²) in [5.74, 6) is 0.288. The van der Waals surface area contributed by atoms with Gasteiger partial charge < -0.3 is 0 Å². The summed E-state index contributed by atoms with van der Waals surface area (Å²) in [6.45, 7) is 0. The van der Waals surface area contributed by atoms with Crippen molar-refractivity contribution in [3.05, 3.63) is 23.3 Å². The smallest absolute Gasteiger partial charge is 0.160 e. The van der Waals surface area contributed by atoms with Gasteiger partial charge in [-0.15, -0.1) is 0 Å². The first kappa shape index (κ1) is 4.98. The van der Waals surface area contributed by atoms with Gasteiger partial charge >= 0.3 is 0 Å². The molecule has 1 nitrogen and oxygen atoms in total. The van der Waals surface area contributed by atoms with E-state index >= 15 is 0 Å². The number of carbonyl (C=O) groups excluding carboxylic acids is 1. The van der Waals surface area contributed by atoms with E-state index in [-0.39, 0.29) is 5.78 Å². The van der Waals surface area contributed by atoms with Gasteiger partial charge in [0.05, 0.1) is 0 Å². The Morgan fingerprint density at radius 1 is 1.33 bits per heavy atom. The van der Waals surface area contributed by atoms with E-state index in [1.807, 2.05) is 0 Å². The third-order valence-corrected chi connectivity index (χ3v) is 1.92. The summed E-state index contributed by atoms with van der Waals surface area (Å²) < 4.78 is 0. The van der Waals surface area contributed by atoms with Crippen molar-refractivity contribution >= 4 is 5.78 Å². The monoisotopic (exact) mass is 120 g/mol. The van der Waals surface area contributed by atoms with Gasteiger partial charge in [0, 0.05) is 6.42 Å². The normalized spacial score (nSPS) is 23.8. The summed E-state index contributed by atoms with van der Waals surface area (Å²) >= 11 is 0. The highest BCUT2D eigenvalue weighted by atomic mass is 16.1. The minimum Gasteiger partial charge on any atom is -0.294 e. The number of hydrogen-bond acceptors (Lipinski definition) is 1. The van der Waals surface area contributed by atoms with Gasteiger partial charge in [0.2, 0.25) is 0 Å². The average Bonchev–Trinajstić information content (AvgIpc) is 2.22. The molecular weight excluding hydrogens is 112 g/mol. The van der Waals surface area contributed by atoms with Crippen molar-refractivity contribution in [2.24, 2.45) is 0 Å². The zero-order chi connectivity index (χ0) is 6.27. The van der Waals surface area contributed by atoms with Gasteiger partial charge in [0.1, 0.15) is 0 Å². The predicted octanol–water partition coefficient (Wildman–Crippen LogP) is 1.61. The largest absolute Gasteiger partial charge is 0.294 e. The number of fused-ring (bicyclic) bond motifs is 1. The molecule has 0 aromatic carbocycles. The van der Waals surface area contributed by atoms with Crippen LogP contribution in [0.1, 0.15) is 19.3 Å². The van der Waals surface area contributed by atoms with Crippen molar-refractivity contribution in [2.45, 2.75) is 19.3 Å². The maximum Gasteiger partial charge on any atom is 0.160 e. The highest BCUT2D eigenvalue weighted by Crippen LogP contribution is 2.32. The van der Waals surface area contributed by atoms with Crippen molar-refractivity contribution in [3.63, 3.8) is 0 Å². The molecule has 46 valence electrons. The molecule has 0 radical (unpaired) electrons. The zero-order valence-electron chi connectivity index (χ0n) is 5.18. The van der Waals surface area contributed by atoms with E-state index in [4.69, 9.17) is 0 Å². The van der Waals surface area contributed by atoms with Gasteiger partial charge in [-0.2, -0.15) is 0 Å². The summed E-state index contributed by atoms with van der Waals surface area (Å²) in [5.41, 5.74) is 2.58. The maximum atomic E-state index is 10.7. The van der Waals surface area contributed by atoms with E-state index in [9.17, 15) is 4.79 Å². The molecule has 0 aromatic heterocycles. The van der Waals surface area contributed by atoms with Gasteiger partial charge in [-0.25, -0.2) is 0 Å². The van der Waals surface area contributed by atoms with Gasteiger partial charge in [-0.1, -0.05) is 6.08 Å². The molecule has 0 heterocycles. The summed E-state index contributed by atoms with van der Waals surface area (Å²) in [7, 11) is 0. The predicted molar refractivity (Wildman–Crippen MR) is 35.0 cm³/mol. The Morgan fingerprint density at radius 2 is 2.22 bits per heavy atom. The fourth-order valence-electron chi connectivity index (χ4n) is 1.48. The molecule has 0 amide bonds. The van der Waals surface area contributed by atoms with Crippen molar-refractivity contribution in [3.8, 4) is 0 Å². The molecule has 0 saturated heterocycles. The number of carbonyl (C=O) groups is 1. The average molecular weight is 120 g/mol.